The van der Waals surface area contributed by atoms with E-state index in [1.165, 1.54) is 11.1 Å². The fourth-order valence-corrected chi connectivity index (χ4v) is 2.49. The van der Waals surface area contributed by atoms with Gasteiger partial charge in [0, 0.05) is 11.1 Å². The minimum Gasteiger partial charge on any atom is -0.313 e. The molecule has 0 aliphatic carbocycles. The molecule has 1 N–H and O–H groups in total. The largest absolute Gasteiger partial charge is 0.313 e. The number of hydrogen-bond donors (Lipinski definition) is 1. The normalized spacial score (nSPS) is 12.3. The Morgan fingerprint density at radius 2 is 1.50 bits per heavy atom. The fraction of sp³-hybridized carbons (Fsp3) is 0.333. The molecule has 0 aromatic heterocycles. The van der Waals surface area contributed by atoms with Crippen LogP contribution in [0.5, 0.6) is 0 Å². The van der Waals surface area contributed by atoms with Crippen molar-refractivity contribution in [2.75, 3.05) is 6.54 Å². The summed E-state index contributed by atoms with van der Waals surface area (Å²) >= 11 is 5.95. The van der Waals surface area contributed by atoms with Gasteiger partial charge in [-0.05, 0) is 49.1 Å². The maximum Gasteiger partial charge on any atom is 0.0406 e. The molecule has 0 spiro atoms. The van der Waals surface area contributed by atoms with Crippen molar-refractivity contribution in [1.29, 1.82) is 0 Å². The van der Waals surface area contributed by atoms with Gasteiger partial charge in [0.2, 0.25) is 0 Å². The Kier molecular flexibility index (Phi) is 6.10. The molecule has 2 heteroatoms. The predicted octanol–water partition coefficient (Wildman–Crippen LogP) is 4.49. The molecule has 0 amide bonds. The summed E-state index contributed by atoms with van der Waals surface area (Å²) in [5.41, 5.74) is 2.72. The van der Waals surface area contributed by atoms with Gasteiger partial charge in [0.05, 0.1) is 0 Å². The second kappa shape index (κ2) is 8.08. The van der Waals surface area contributed by atoms with Crippen LogP contribution in [-0.2, 0) is 12.8 Å². The lowest BCUT2D eigenvalue weighted by molar-refractivity contribution is 0.505. The third kappa shape index (κ3) is 4.99. The van der Waals surface area contributed by atoms with Gasteiger partial charge in [-0.15, -0.1) is 0 Å². The number of benzene rings is 2. The molecule has 106 valence electrons. The Labute approximate surface area is 127 Å². The number of rotatable bonds is 7. The van der Waals surface area contributed by atoms with E-state index in [9.17, 15) is 0 Å². The summed E-state index contributed by atoms with van der Waals surface area (Å²) in [6, 6.07) is 19.3. The minimum atomic E-state index is 0.471. The zero-order chi connectivity index (χ0) is 14.2. The molecular formula is C18H22ClN. The summed E-state index contributed by atoms with van der Waals surface area (Å²) in [6.45, 7) is 3.26. The monoisotopic (exact) mass is 287 g/mol. The van der Waals surface area contributed by atoms with E-state index in [0.29, 0.717) is 6.04 Å². The Bertz CT molecular complexity index is 493. The molecule has 2 aromatic rings. The van der Waals surface area contributed by atoms with Crippen LogP contribution >= 0.6 is 11.6 Å². The van der Waals surface area contributed by atoms with Crippen molar-refractivity contribution in [1.82, 2.24) is 5.32 Å². The first kappa shape index (κ1) is 15.1. The molecule has 0 bridgehead atoms. The first-order valence-electron chi connectivity index (χ1n) is 7.29. The average Bonchev–Trinajstić information content (AvgIpc) is 2.48. The van der Waals surface area contributed by atoms with Gasteiger partial charge < -0.3 is 5.32 Å². The van der Waals surface area contributed by atoms with Crippen LogP contribution in [0, 0.1) is 0 Å². The van der Waals surface area contributed by atoms with E-state index in [4.69, 9.17) is 11.6 Å². The zero-order valence-electron chi connectivity index (χ0n) is 12.0. The summed E-state index contributed by atoms with van der Waals surface area (Å²) in [6.07, 6.45) is 3.25. The van der Waals surface area contributed by atoms with Crippen molar-refractivity contribution in [2.24, 2.45) is 0 Å². The van der Waals surface area contributed by atoms with Crippen LogP contribution in [0.2, 0.25) is 5.02 Å². The van der Waals surface area contributed by atoms with E-state index in [2.05, 4.69) is 54.7 Å². The van der Waals surface area contributed by atoms with E-state index < -0.39 is 0 Å². The summed E-state index contributed by atoms with van der Waals surface area (Å²) in [4.78, 5) is 0. The van der Waals surface area contributed by atoms with E-state index in [-0.39, 0.29) is 0 Å². The van der Waals surface area contributed by atoms with Crippen LogP contribution in [0.3, 0.4) is 0 Å². The van der Waals surface area contributed by atoms with Crippen molar-refractivity contribution in [3.8, 4) is 0 Å². The van der Waals surface area contributed by atoms with E-state index >= 15 is 0 Å². The second-order valence-corrected chi connectivity index (χ2v) is 5.61. The highest BCUT2D eigenvalue weighted by atomic mass is 35.5. The summed E-state index contributed by atoms with van der Waals surface area (Å²) in [7, 11) is 0. The molecule has 2 rings (SSSR count). The highest BCUT2D eigenvalue weighted by Crippen LogP contribution is 2.13. The highest BCUT2D eigenvalue weighted by molar-refractivity contribution is 6.30. The first-order chi connectivity index (χ1) is 9.78. The SMILES string of the molecule is CCCNC(Cc1ccccc1)Cc1ccc(Cl)cc1. The lowest BCUT2D eigenvalue weighted by atomic mass is 9.99. The Balaban J connectivity index is 2.01. The molecule has 0 aliphatic heterocycles. The van der Waals surface area contributed by atoms with Crippen molar-refractivity contribution in [3.05, 3.63) is 70.7 Å². The maximum atomic E-state index is 5.95. The quantitative estimate of drug-likeness (QED) is 0.791. The Morgan fingerprint density at radius 3 is 2.10 bits per heavy atom. The molecule has 20 heavy (non-hydrogen) atoms. The van der Waals surface area contributed by atoms with Crippen LogP contribution in [0.4, 0.5) is 0 Å². The fourth-order valence-electron chi connectivity index (χ4n) is 2.37. The Morgan fingerprint density at radius 1 is 0.900 bits per heavy atom. The van der Waals surface area contributed by atoms with E-state index in [0.717, 1.165) is 30.8 Å². The molecule has 0 aliphatic rings. The lowest BCUT2D eigenvalue weighted by Gasteiger charge is -2.19. The summed E-state index contributed by atoms with van der Waals surface area (Å²) in [5, 5.41) is 4.45. The molecule has 1 unspecified atom stereocenters. The van der Waals surface area contributed by atoms with Crippen LogP contribution < -0.4 is 5.32 Å². The van der Waals surface area contributed by atoms with Crippen molar-refractivity contribution in [2.45, 2.75) is 32.2 Å². The highest BCUT2D eigenvalue weighted by Gasteiger charge is 2.09. The summed E-state index contributed by atoms with van der Waals surface area (Å²) in [5.74, 6) is 0. The topological polar surface area (TPSA) is 12.0 Å². The third-order valence-electron chi connectivity index (χ3n) is 3.40. The standard InChI is InChI=1S/C18H22ClN/c1-2-12-20-18(13-15-6-4-3-5-7-15)14-16-8-10-17(19)11-9-16/h3-11,18,20H,2,12-14H2,1H3. The lowest BCUT2D eigenvalue weighted by Crippen LogP contribution is -2.33. The van der Waals surface area contributed by atoms with Gasteiger partial charge in [0.15, 0.2) is 0 Å². The van der Waals surface area contributed by atoms with Crippen LogP contribution in [0.15, 0.2) is 54.6 Å². The molecule has 0 radical (unpaired) electrons. The van der Waals surface area contributed by atoms with Gasteiger partial charge in [0.25, 0.3) is 0 Å². The number of halogens is 1. The van der Waals surface area contributed by atoms with Crippen LogP contribution in [-0.4, -0.2) is 12.6 Å². The second-order valence-electron chi connectivity index (χ2n) is 5.17. The smallest absolute Gasteiger partial charge is 0.0406 e. The predicted molar refractivity (Wildman–Crippen MR) is 87.4 cm³/mol. The third-order valence-corrected chi connectivity index (χ3v) is 3.66. The number of hydrogen-bond acceptors (Lipinski definition) is 1. The van der Waals surface area contributed by atoms with Gasteiger partial charge in [-0.3, -0.25) is 0 Å². The van der Waals surface area contributed by atoms with Crippen molar-refractivity contribution in [3.63, 3.8) is 0 Å². The van der Waals surface area contributed by atoms with Crippen LogP contribution in [0.1, 0.15) is 24.5 Å². The Hall–Kier alpha value is -1.31. The van der Waals surface area contributed by atoms with Crippen molar-refractivity contribution >= 4 is 11.6 Å². The molecule has 0 fully saturated rings. The first-order valence-corrected chi connectivity index (χ1v) is 7.67. The molecule has 0 heterocycles. The van der Waals surface area contributed by atoms with E-state index in [1.807, 2.05) is 12.1 Å². The average molecular weight is 288 g/mol. The molecule has 1 nitrogen and oxygen atoms in total. The van der Waals surface area contributed by atoms with Gasteiger partial charge in [0.1, 0.15) is 0 Å². The molecular weight excluding hydrogens is 266 g/mol. The van der Waals surface area contributed by atoms with E-state index in [1.54, 1.807) is 0 Å². The van der Waals surface area contributed by atoms with Gasteiger partial charge in [-0.2, -0.15) is 0 Å². The van der Waals surface area contributed by atoms with Crippen molar-refractivity contribution < 1.29 is 0 Å². The minimum absolute atomic E-state index is 0.471. The van der Waals surface area contributed by atoms with Gasteiger partial charge in [-0.1, -0.05) is 61.0 Å². The summed E-state index contributed by atoms with van der Waals surface area (Å²) < 4.78 is 0. The van der Waals surface area contributed by atoms with Crippen LogP contribution in [0.25, 0.3) is 0 Å². The van der Waals surface area contributed by atoms with Gasteiger partial charge in [-0.25, -0.2) is 0 Å². The molecule has 0 saturated carbocycles. The molecule has 0 saturated heterocycles. The molecule has 1 atom stereocenters. The van der Waals surface area contributed by atoms with Gasteiger partial charge >= 0.3 is 0 Å². The molecule has 2 aromatic carbocycles. The zero-order valence-corrected chi connectivity index (χ0v) is 12.7. The maximum absolute atomic E-state index is 5.95. The number of nitrogens with one attached hydrogen (secondary N) is 1.